The first-order valence-electron chi connectivity index (χ1n) is 6.98. The van der Waals surface area contributed by atoms with E-state index in [1.807, 2.05) is 6.92 Å². The van der Waals surface area contributed by atoms with E-state index < -0.39 is 12.2 Å². The van der Waals surface area contributed by atoms with E-state index in [1.165, 1.54) is 20.5 Å². The molecular weight excluding hydrogens is 288 g/mol. The second-order valence-electron chi connectivity index (χ2n) is 4.91. The summed E-state index contributed by atoms with van der Waals surface area (Å²) in [6.07, 6.45) is 0.479. The molecule has 1 aliphatic heterocycles. The number of hydrogen-bond donors (Lipinski definition) is 1. The molecule has 0 radical (unpaired) electrons. The Bertz CT molecular complexity index is 734. The number of carbonyl (C=O) groups excluding carboxylic acids is 1. The van der Waals surface area contributed by atoms with Crippen molar-refractivity contribution < 1.29 is 14.6 Å². The van der Waals surface area contributed by atoms with Crippen molar-refractivity contribution in [1.29, 1.82) is 0 Å². The Morgan fingerprint density at radius 3 is 2.50 bits per heavy atom. The van der Waals surface area contributed by atoms with Crippen molar-refractivity contribution in [2.75, 3.05) is 18.1 Å². The van der Waals surface area contributed by atoms with Crippen LogP contribution in [0.3, 0.4) is 0 Å². The number of benzene rings is 1. The van der Waals surface area contributed by atoms with Crippen molar-refractivity contribution >= 4 is 11.8 Å². The summed E-state index contributed by atoms with van der Waals surface area (Å²) in [5, 5.41) is 13.0. The third kappa shape index (κ3) is 2.37. The van der Waals surface area contributed by atoms with E-state index >= 15 is 0 Å². The highest BCUT2D eigenvalue weighted by Crippen LogP contribution is 2.22. The van der Waals surface area contributed by atoms with Gasteiger partial charge in [-0.25, -0.2) is 18.8 Å². The van der Waals surface area contributed by atoms with E-state index in [9.17, 15) is 9.59 Å². The number of amides is 1. The number of aryl methyl sites for hydroxylation is 1. The lowest BCUT2D eigenvalue weighted by Crippen LogP contribution is -2.25. The van der Waals surface area contributed by atoms with Crippen LogP contribution in [-0.2, 0) is 11.3 Å². The molecule has 22 heavy (non-hydrogen) atoms. The van der Waals surface area contributed by atoms with Crippen molar-refractivity contribution in [3.05, 3.63) is 41.1 Å². The van der Waals surface area contributed by atoms with E-state index in [2.05, 4.69) is 5.10 Å². The number of nitrogens with zero attached hydrogens (tertiary/aromatic N) is 4. The van der Waals surface area contributed by atoms with Crippen molar-refractivity contribution in [3.8, 4) is 5.69 Å². The SMILES string of the molecule is CCn1ncn(-c2ccc(N3C[C@H](CO)OC3=O)cc2)c1=O. The lowest BCUT2D eigenvalue weighted by molar-refractivity contribution is 0.0963. The van der Waals surface area contributed by atoms with Gasteiger partial charge in [-0.05, 0) is 31.2 Å². The Hall–Kier alpha value is -2.61. The lowest BCUT2D eigenvalue weighted by atomic mass is 10.2. The summed E-state index contributed by atoms with van der Waals surface area (Å²) in [5.74, 6) is 0. The predicted octanol–water partition coefficient (Wildman–Crippen LogP) is 0.371. The maximum Gasteiger partial charge on any atom is 0.414 e. The van der Waals surface area contributed by atoms with Gasteiger partial charge in [0.15, 0.2) is 0 Å². The molecule has 2 heterocycles. The van der Waals surface area contributed by atoms with Crippen molar-refractivity contribution in [2.45, 2.75) is 19.6 Å². The topological polar surface area (TPSA) is 89.6 Å². The molecule has 1 aromatic carbocycles. The monoisotopic (exact) mass is 304 g/mol. The summed E-state index contributed by atoms with van der Waals surface area (Å²) in [6, 6.07) is 6.92. The molecule has 0 bridgehead atoms. The first kappa shape index (κ1) is 14.3. The van der Waals surface area contributed by atoms with Crippen LogP contribution < -0.4 is 10.6 Å². The molecule has 1 amide bonds. The van der Waals surface area contributed by atoms with Crippen LogP contribution >= 0.6 is 0 Å². The number of aromatic nitrogens is 3. The fraction of sp³-hybridized carbons (Fsp3) is 0.357. The second kappa shape index (κ2) is 5.64. The molecule has 1 N–H and O–H groups in total. The first-order chi connectivity index (χ1) is 10.6. The molecule has 1 saturated heterocycles. The van der Waals surface area contributed by atoms with Gasteiger partial charge < -0.3 is 9.84 Å². The Balaban J connectivity index is 1.85. The van der Waals surface area contributed by atoms with E-state index in [-0.39, 0.29) is 12.3 Å². The Labute approximate surface area is 126 Å². The van der Waals surface area contributed by atoms with Gasteiger partial charge in [0.2, 0.25) is 0 Å². The van der Waals surface area contributed by atoms with Crippen LogP contribution in [0.1, 0.15) is 6.92 Å². The minimum atomic E-state index is -0.502. The molecule has 3 rings (SSSR count). The maximum absolute atomic E-state index is 12.0. The minimum Gasteiger partial charge on any atom is -0.441 e. The molecule has 2 aromatic rings. The highest BCUT2D eigenvalue weighted by molar-refractivity contribution is 5.89. The summed E-state index contributed by atoms with van der Waals surface area (Å²) in [6.45, 7) is 2.46. The van der Waals surface area contributed by atoms with Gasteiger partial charge in [0.05, 0.1) is 18.8 Å². The molecule has 8 heteroatoms. The van der Waals surface area contributed by atoms with E-state index in [1.54, 1.807) is 24.3 Å². The largest absolute Gasteiger partial charge is 0.441 e. The van der Waals surface area contributed by atoms with Gasteiger partial charge >= 0.3 is 11.8 Å². The van der Waals surface area contributed by atoms with E-state index in [4.69, 9.17) is 9.84 Å². The first-order valence-corrected chi connectivity index (χ1v) is 6.98. The number of aliphatic hydroxyl groups is 1. The highest BCUT2D eigenvalue weighted by Gasteiger charge is 2.31. The Kier molecular flexibility index (Phi) is 3.68. The zero-order valence-corrected chi connectivity index (χ0v) is 12.0. The molecule has 8 nitrogen and oxygen atoms in total. The Morgan fingerprint density at radius 2 is 1.95 bits per heavy atom. The summed E-state index contributed by atoms with van der Waals surface area (Å²) in [7, 11) is 0. The van der Waals surface area contributed by atoms with Crippen LogP contribution in [0.15, 0.2) is 35.4 Å². The summed E-state index contributed by atoms with van der Waals surface area (Å²) in [5.41, 5.74) is 1.11. The second-order valence-corrected chi connectivity index (χ2v) is 4.91. The number of rotatable bonds is 4. The van der Waals surface area contributed by atoms with Gasteiger partial charge in [-0.15, -0.1) is 0 Å². The third-order valence-electron chi connectivity index (χ3n) is 3.55. The minimum absolute atomic E-state index is 0.202. The summed E-state index contributed by atoms with van der Waals surface area (Å²) >= 11 is 0. The predicted molar refractivity (Wildman–Crippen MR) is 78.2 cm³/mol. The standard InChI is InChI=1S/C14H16N4O4/c1-2-18-13(20)17(9-15-18)11-5-3-10(4-6-11)16-7-12(8-19)22-14(16)21/h3-6,9,12,19H,2,7-8H2,1H3/t12-/m1/s1. The molecule has 0 spiro atoms. The Morgan fingerprint density at radius 1 is 1.27 bits per heavy atom. The summed E-state index contributed by atoms with van der Waals surface area (Å²) < 4.78 is 7.79. The smallest absolute Gasteiger partial charge is 0.414 e. The molecular formula is C14H16N4O4. The highest BCUT2D eigenvalue weighted by atomic mass is 16.6. The average molecular weight is 304 g/mol. The lowest BCUT2D eigenvalue weighted by Gasteiger charge is -2.13. The van der Waals surface area contributed by atoms with Crippen LogP contribution in [0.25, 0.3) is 5.69 Å². The normalized spacial score (nSPS) is 17.8. The van der Waals surface area contributed by atoms with E-state index in [0.717, 1.165) is 0 Å². The van der Waals surface area contributed by atoms with Gasteiger partial charge in [-0.1, -0.05) is 0 Å². The number of cyclic esters (lactones) is 1. The van der Waals surface area contributed by atoms with Crippen LogP contribution in [0.4, 0.5) is 10.5 Å². The fourth-order valence-electron chi connectivity index (χ4n) is 2.35. The van der Waals surface area contributed by atoms with Crippen LogP contribution in [-0.4, -0.2) is 44.8 Å². The molecule has 0 saturated carbocycles. The van der Waals surface area contributed by atoms with Gasteiger partial charge in [0.25, 0.3) is 0 Å². The average Bonchev–Trinajstić information content (AvgIpc) is 3.10. The molecule has 0 unspecified atom stereocenters. The maximum atomic E-state index is 12.0. The van der Waals surface area contributed by atoms with Crippen LogP contribution in [0.2, 0.25) is 0 Å². The van der Waals surface area contributed by atoms with Gasteiger partial charge in [-0.3, -0.25) is 4.90 Å². The number of hydrogen-bond acceptors (Lipinski definition) is 5. The molecule has 1 atom stereocenters. The third-order valence-corrected chi connectivity index (χ3v) is 3.55. The van der Waals surface area contributed by atoms with Gasteiger partial charge in [-0.2, -0.15) is 5.10 Å². The number of anilines is 1. The van der Waals surface area contributed by atoms with Gasteiger partial charge in [0.1, 0.15) is 12.4 Å². The zero-order valence-electron chi connectivity index (χ0n) is 12.0. The van der Waals surface area contributed by atoms with Crippen molar-refractivity contribution in [1.82, 2.24) is 14.3 Å². The molecule has 0 aliphatic carbocycles. The molecule has 1 fully saturated rings. The van der Waals surface area contributed by atoms with Crippen molar-refractivity contribution in [3.63, 3.8) is 0 Å². The van der Waals surface area contributed by atoms with Crippen molar-refractivity contribution in [2.24, 2.45) is 0 Å². The number of ether oxygens (including phenoxy) is 1. The van der Waals surface area contributed by atoms with Crippen LogP contribution in [0.5, 0.6) is 0 Å². The zero-order chi connectivity index (χ0) is 15.7. The van der Waals surface area contributed by atoms with E-state index in [0.29, 0.717) is 24.5 Å². The van der Waals surface area contributed by atoms with Crippen LogP contribution in [0, 0.1) is 0 Å². The molecule has 1 aromatic heterocycles. The number of carbonyl (C=O) groups is 1. The molecule has 1 aliphatic rings. The molecule has 116 valence electrons. The number of aliphatic hydroxyl groups excluding tert-OH is 1. The quantitative estimate of drug-likeness (QED) is 0.881. The fourth-order valence-corrected chi connectivity index (χ4v) is 2.35. The van der Waals surface area contributed by atoms with Gasteiger partial charge in [0, 0.05) is 12.2 Å². The summed E-state index contributed by atoms with van der Waals surface area (Å²) in [4.78, 5) is 25.2.